The van der Waals surface area contributed by atoms with Crippen molar-refractivity contribution >= 4 is 21.8 Å². The van der Waals surface area contributed by atoms with Gasteiger partial charge in [0.25, 0.3) is 0 Å². The van der Waals surface area contributed by atoms with Crippen LogP contribution in [0.4, 0.5) is 8.78 Å². The number of nitrogens with zero attached hydrogens (tertiary/aromatic N) is 1. The Morgan fingerprint density at radius 1 is 1.25 bits per heavy atom. The molecule has 0 radical (unpaired) electrons. The van der Waals surface area contributed by atoms with Gasteiger partial charge in [0.05, 0.1) is 0 Å². The first-order chi connectivity index (χ1) is 9.52. The van der Waals surface area contributed by atoms with Crippen molar-refractivity contribution in [3.05, 3.63) is 58.1 Å². The molecule has 0 aromatic heterocycles. The van der Waals surface area contributed by atoms with E-state index in [4.69, 9.17) is 15.7 Å². The highest BCUT2D eigenvalue weighted by Gasteiger charge is 2.11. The molecule has 0 heterocycles. The van der Waals surface area contributed by atoms with Gasteiger partial charge in [0.15, 0.2) is 17.4 Å². The molecule has 2 aromatic rings. The first kappa shape index (κ1) is 14.3. The zero-order valence-electron chi connectivity index (χ0n) is 9.98. The summed E-state index contributed by atoms with van der Waals surface area (Å²) in [6, 6.07) is 8.16. The molecule has 0 unspecified atom stereocenters. The van der Waals surface area contributed by atoms with Gasteiger partial charge in [-0.05, 0) is 46.3 Å². The number of rotatable bonds is 3. The Morgan fingerprint density at radius 2 is 2.00 bits per heavy atom. The predicted molar refractivity (Wildman–Crippen MR) is 73.1 cm³/mol. The summed E-state index contributed by atoms with van der Waals surface area (Å²) in [6.45, 7) is 0. The quantitative estimate of drug-likeness (QED) is 0.387. The van der Waals surface area contributed by atoms with Gasteiger partial charge in [-0.3, -0.25) is 0 Å². The van der Waals surface area contributed by atoms with Crippen molar-refractivity contribution in [2.75, 3.05) is 0 Å². The zero-order chi connectivity index (χ0) is 14.7. The van der Waals surface area contributed by atoms with Gasteiger partial charge in [-0.2, -0.15) is 4.39 Å². The third kappa shape index (κ3) is 2.88. The van der Waals surface area contributed by atoms with Crippen LogP contribution in [0.15, 0.2) is 46.0 Å². The molecule has 7 heteroatoms. The van der Waals surface area contributed by atoms with E-state index in [1.54, 1.807) is 0 Å². The lowest BCUT2D eigenvalue weighted by atomic mass is 10.2. The van der Waals surface area contributed by atoms with E-state index in [9.17, 15) is 8.78 Å². The second-order valence-electron chi connectivity index (χ2n) is 3.78. The van der Waals surface area contributed by atoms with Gasteiger partial charge in [-0.15, -0.1) is 0 Å². The Labute approximate surface area is 121 Å². The van der Waals surface area contributed by atoms with Gasteiger partial charge in [-0.1, -0.05) is 11.2 Å². The zero-order valence-corrected chi connectivity index (χ0v) is 11.6. The lowest BCUT2D eigenvalue weighted by Crippen LogP contribution is -2.13. The Bertz CT molecular complexity index is 677. The topological polar surface area (TPSA) is 67.8 Å². The highest BCUT2D eigenvalue weighted by Crippen LogP contribution is 2.29. The number of amidine groups is 1. The van der Waals surface area contributed by atoms with Crippen LogP contribution in [0.25, 0.3) is 0 Å². The normalized spacial score (nSPS) is 11.4. The van der Waals surface area contributed by atoms with E-state index >= 15 is 0 Å². The molecular weight excluding hydrogens is 334 g/mol. The Balaban J connectivity index is 2.31. The predicted octanol–water partition coefficient (Wildman–Crippen LogP) is 3.61. The van der Waals surface area contributed by atoms with Crippen molar-refractivity contribution in [3.8, 4) is 11.5 Å². The number of benzene rings is 2. The highest BCUT2D eigenvalue weighted by molar-refractivity contribution is 9.10. The number of oxime groups is 1. The summed E-state index contributed by atoms with van der Waals surface area (Å²) in [5.74, 6) is -2.09. The van der Waals surface area contributed by atoms with Crippen LogP contribution in [0, 0.1) is 11.6 Å². The monoisotopic (exact) mass is 342 g/mol. The van der Waals surface area contributed by atoms with Gasteiger partial charge < -0.3 is 15.7 Å². The molecule has 0 spiro atoms. The molecule has 0 saturated heterocycles. The van der Waals surface area contributed by atoms with Gasteiger partial charge in [0, 0.05) is 10.0 Å². The van der Waals surface area contributed by atoms with Crippen LogP contribution in [-0.2, 0) is 0 Å². The fourth-order valence-corrected chi connectivity index (χ4v) is 2.07. The summed E-state index contributed by atoms with van der Waals surface area (Å²) in [6.07, 6.45) is 0. The molecule has 0 fully saturated rings. The molecule has 0 atom stereocenters. The second-order valence-corrected chi connectivity index (χ2v) is 4.64. The minimum Gasteiger partial charge on any atom is -0.454 e. The number of halogens is 3. The number of hydrogen-bond acceptors (Lipinski definition) is 3. The first-order valence-corrected chi connectivity index (χ1v) is 6.21. The van der Waals surface area contributed by atoms with E-state index in [-0.39, 0.29) is 17.3 Å². The fraction of sp³-hybridized carbons (Fsp3) is 0. The van der Waals surface area contributed by atoms with Crippen molar-refractivity contribution in [1.29, 1.82) is 0 Å². The molecular formula is C13H9BrF2N2O2. The standard InChI is InChI=1S/C13H9BrF2N2O2/c14-9-6-7(4-5-8(9)13(17)18-19)20-11-3-1-2-10(15)12(11)16/h1-6,19H,(H2,17,18). The minimum absolute atomic E-state index is 0.0830. The van der Waals surface area contributed by atoms with Crippen molar-refractivity contribution in [1.82, 2.24) is 0 Å². The average Bonchev–Trinajstić information content (AvgIpc) is 2.43. The van der Waals surface area contributed by atoms with Crippen molar-refractivity contribution in [2.24, 2.45) is 10.9 Å². The van der Waals surface area contributed by atoms with E-state index in [1.165, 1.54) is 30.3 Å². The third-order valence-corrected chi connectivity index (χ3v) is 3.12. The molecule has 0 bridgehead atoms. The lowest BCUT2D eigenvalue weighted by molar-refractivity contribution is 0.318. The number of ether oxygens (including phenoxy) is 1. The summed E-state index contributed by atoms with van der Waals surface area (Å²) in [5.41, 5.74) is 5.91. The highest BCUT2D eigenvalue weighted by atomic mass is 79.9. The van der Waals surface area contributed by atoms with E-state index in [2.05, 4.69) is 21.1 Å². The second kappa shape index (κ2) is 5.87. The fourth-order valence-electron chi connectivity index (χ4n) is 1.51. The van der Waals surface area contributed by atoms with Gasteiger partial charge in [0.2, 0.25) is 5.82 Å². The van der Waals surface area contributed by atoms with Crippen LogP contribution in [-0.4, -0.2) is 11.0 Å². The van der Waals surface area contributed by atoms with E-state index in [0.717, 1.165) is 6.07 Å². The van der Waals surface area contributed by atoms with Crippen molar-refractivity contribution in [2.45, 2.75) is 0 Å². The molecule has 0 aliphatic carbocycles. The van der Waals surface area contributed by atoms with Crippen molar-refractivity contribution in [3.63, 3.8) is 0 Å². The van der Waals surface area contributed by atoms with Crippen LogP contribution in [0.1, 0.15) is 5.56 Å². The Hall–Kier alpha value is -2.15. The largest absolute Gasteiger partial charge is 0.454 e. The van der Waals surface area contributed by atoms with Crippen LogP contribution < -0.4 is 10.5 Å². The maximum absolute atomic E-state index is 13.5. The molecule has 3 N–H and O–H groups in total. The van der Waals surface area contributed by atoms with Crippen LogP contribution in [0.3, 0.4) is 0 Å². The molecule has 104 valence electrons. The minimum atomic E-state index is -1.07. The third-order valence-electron chi connectivity index (χ3n) is 2.47. The van der Waals surface area contributed by atoms with Crippen LogP contribution >= 0.6 is 15.9 Å². The Kier molecular flexibility index (Phi) is 4.19. The SMILES string of the molecule is N/C(=N/O)c1ccc(Oc2cccc(F)c2F)cc1Br. The van der Waals surface area contributed by atoms with E-state index in [1.807, 2.05) is 0 Å². The van der Waals surface area contributed by atoms with Crippen LogP contribution in [0.2, 0.25) is 0 Å². The lowest BCUT2D eigenvalue weighted by Gasteiger charge is -2.09. The maximum atomic E-state index is 13.5. The Morgan fingerprint density at radius 3 is 2.65 bits per heavy atom. The molecule has 2 rings (SSSR count). The average molecular weight is 343 g/mol. The van der Waals surface area contributed by atoms with Gasteiger partial charge in [0.1, 0.15) is 5.75 Å². The summed E-state index contributed by atoms with van der Waals surface area (Å²) in [7, 11) is 0. The molecule has 20 heavy (non-hydrogen) atoms. The first-order valence-electron chi connectivity index (χ1n) is 5.42. The number of nitrogens with two attached hydrogens (primary N) is 1. The van der Waals surface area contributed by atoms with E-state index in [0.29, 0.717) is 10.0 Å². The maximum Gasteiger partial charge on any atom is 0.201 e. The van der Waals surface area contributed by atoms with Crippen molar-refractivity contribution < 1.29 is 18.7 Å². The van der Waals surface area contributed by atoms with Gasteiger partial charge in [-0.25, -0.2) is 4.39 Å². The van der Waals surface area contributed by atoms with E-state index < -0.39 is 11.6 Å². The van der Waals surface area contributed by atoms with Gasteiger partial charge >= 0.3 is 0 Å². The molecule has 0 aliphatic heterocycles. The van der Waals surface area contributed by atoms with Crippen LogP contribution in [0.5, 0.6) is 11.5 Å². The molecule has 0 saturated carbocycles. The molecule has 4 nitrogen and oxygen atoms in total. The molecule has 2 aromatic carbocycles. The molecule has 0 amide bonds. The summed E-state index contributed by atoms with van der Waals surface area (Å²) in [4.78, 5) is 0. The summed E-state index contributed by atoms with van der Waals surface area (Å²) < 4.78 is 32.3. The summed E-state index contributed by atoms with van der Waals surface area (Å²) in [5, 5.41) is 11.5. The molecule has 0 aliphatic rings. The smallest absolute Gasteiger partial charge is 0.201 e. The summed E-state index contributed by atoms with van der Waals surface area (Å²) >= 11 is 3.22. The number of hydrogen-bond donors (Lipinski definition) is 2.